The Labute approximate surface area is 168 Å². The van der Waals surface area contributed by atoms with Crippen molar-refractivity contribution in [1.29, 1.82) is 0 Å². The van der Waals surface area contributed by atoms with Gasteiger partial charge in [0.2, 0.25) is 5.91 Å². The number of nitrogens with one attached hydrogen (secondary N) is 1. The molecule has 6 nitrogen and oxygen atoms in total. The summed E-state index contributed by atoms with van der Waals surface area (Å²) in [6, 6.07) is 5.39. The van der Waals surface area contributed by atoms with Crippen LogP contribution < -0.4 is 5.32 Å². The molecular weight excluding hydrogens is 391 g/mol. The maximum Gasteiger partial charge on any atom is 0.407 e. The van der Waals surface area contributed by atoms with Crippen molar-refractivity contribution >= 4 is 35.2 Å². The fraction of sp³-hybridized carbons (Fsp3) is 0.579. The fourth-order valence-corrected chi connectivity index (χ4v) is 4.58. The molecule has 0 radical (unpaired) electrons. The number of rotatable bonds is 4. The first kappa shape index (κ1) is 18.8. The quantitative estimate of drug-likeness (QED) is 0.822. The summed E-state index contributed by atoms with van der Waals surface area (Å²) in [5.41, 5.74) is 0.608. The van der Waals surface area contributed by atoms with Gasteiger partial charge in [-0.3, -0.25) is 4.79 Å². The number of benzene rings is 1. The summed E-state index contributed by atoms with van der Waals surface area (Å²) in [6.45, 7) is 2.21. The van der Waals surface area contributed by atoms with Crippen LogP contribution in [0.15, 0.2) is 18.2 Å². The Morgan fingerprint density at radius 3 is 2.67 bits per heavy atom. The number of ether oxygens (including phenoxy) is 2. The molecule has 1 aromatic carbocycles. The van der Waals surface area contributed by atoms with Gasteiger partial charge in [-0.25, -0.2) is 4.79 Å². The molecule has 0 bridgehead atoms. The molecule has 3 fully saturated rings. The van der Waals surface area contributed by atoms with E-state index in [0.717, 1.165) is 18.4 Å². The Morgan fingerprint density at radius 2 is 2.04 bits per heavy atom. The second kappa shape index (κ2) is 7.49. The molecule has 27 heavy (non-hydrogen) atoms. The smallest absolute Gasteiger partial charge is 0.407 e. The number of amides is 2. The normalized spacial score (nSPS) is 28.0. The molecule has 1 aliphatic carbocycles. The standard InChI is InChI=1S/C19H22Cl2N2O4/c20-14-2-1-12(16(21)7-14)10-26-15-3-5-23(6-4-15)17(24)13-8-19(9-13)11-27-18(25)22-19/h1-2,7,13,15H,3-6,8-11H2,(H,22,25)/t13-,19-. The third kappa shape index (κ3) is 4.03. The van der Waals surface area contributed by atoms with Crippen molar-refractivity contribution < 1.29 is 19.1 Å². The van der Waals surface area contributed by atoms with Crippen molar-refractivity contribution in [1.82, 2.24) is 10.2 Å². The lowest BCUT2D eigenvalue weighted by Crippen LogP contribution is -2.58. The van der Waals surface area contributed by atoms with Crippen LogP contribution in [-0.2, 0) is 20.9 Å². The molecule has 2 aliphatic heterocycles. The number of nitrogens with zero attached hydrogens (tertiary/aromatic N) is 1. The van der Waals surface area contributed by atoms with Crippen molar-refractivity contribution in [2.24, 2.45) is 5.92 Å². The zero-order valence-electron chi connectivity index (χ0n) is 14.9. The molecule has 2 heterocycles. The van der Waals surface area contributed by atoms with Crippen LogP contribution in [-0.4, -0.2) is 48.2 Å². The van der Waals surface area contributed by atoms with Gasteiger partial charge in [0.1, 0.15) is 6.61 Å². The number of alkyl carbamates (subject to hydrolysis) is 1. The second-order valence-electron chi connectivity index (χ2n) is 7.66. The van der Waals surface area contributed by atoms with E-state index in [1.54, 1.807) is 12.1 Å². The van der Waals surface area contributed by atoms with Gasteiger partial charge in [0.05, 0.1) is 18.2 Å². The molecule has 1 N–H and O–H groups in total. The topological polar surface area (TPSA) is 67.9 Å². The minimum absolute atomic E-state index is 0.0163. The monoisotopic (exact) mass is 412 g/mol. The first-order valence-corrected chi connectivity index (χ1v) is 9.99. The van der Waals surface area contributed by atoms with Crippen molar-refractivity contribution in [2.45, 2.75) is 43.9 Å². The highest BCUT2D eigenvalue weighted by atomic mass is 35.5. The lowest BCUT2D eigenvalue weighted by atomic mass is 9.68. The number of carbonyl (C=O) groups excluding carboxylic acids is 2. The van der Waals surface area contributed by atoms with Gasteiger partial charge in [-0.05, 0) is 43.4 Å². The summed E-state index contributed by atoms with van der Waals surface area (Å²) in [5.74, 6) is 0.165. The second-order valence-corrected chi connectivity index (χ2v) is 8.50. The van der Waals surface area contributed by atoms with Crippen LogP contribution in [0.5, 0.6) is 0 Å². The van der Waals surface area contributed by atoms with Gasteiger partial charge in [-0.15, -0.1) is 0 Å². The number of halogens is 2. The van der Waals surface area contributed by atoms with E-state index in [9.17, 15) is 9.59 Å². The minimum Gasteiger partial charge on any atom is -0.447 e. The number of piperidine rings is 1. The van der Waals surface area contributed by atoms with Gasteiger partial charge in [0.15, 0.2) is 0 Å². The van der Waals surface area contributed by atoms with Crippen LogP contribution >= 0.6 is 23.2 Å². The first-order chi connectivity index (χ1) is 12.9. The maximum absolute atomic E-state index is 12.7. The lowest BCUT2D eigenvalue weighted by Gasteiger charge is -2.44. The van der Waals surface area contributed by atoms with Crippen molar-refractivity contribution in [3.8, 4) is 0 Å². The molecule has 1 aromatic rings. The number of likely N-dealkylation sites (tertiary alicyclic amines) is 1. The van der Waals surface area contributed by atoms with Crippen LogP contribution in [0.2, 0.25) is 10.0 Å². The van der Waals surface area contributed by atoms with Gasteiger partial charge in [-0.2, -0.15) is 0 Å². The lowest BCUT2D eigenvalue weighted by molar-refractivity contribution is -0.144. The van der Waals surface area contributed by atoms with Crippen molar-refractivity contribution in [3.05, 3.63) is 33.8 Å². The third-order valence-electron chi connectivity index (χ3n) is 5.71. The Kier molecular flexibility index (Phi) is 5.23. The molecule has 3 aliphatic rings. The van der Waals surface area contributed by atoms with Crippen LogP contribution in [0.3, 0.4) is 0 Å². The summed E-state index contributed by atoms with van der Waals surface area (Å²) in [5, 5.41) is 4.05. The molecule has 2 amide bonds. The van der Waals surface area contributed by atoms with Crippen LogP contribution in [0.4, 0.5) is 4.79 Å². The summed E-state index contributed by atoms with van der Waals surface area (Å²) < 4.78 is 10.9. The third-order valence-corrected chi connectivity index (χ3v) is 6.30. The molecule has 0 aromatic heterocycles. The average molecular weight is 413 g/mol. The van der Waals surface area contributed by atoms with E-state index >= 15 is 0 Å². The van der Waals surface area contributed by atoms with E-state index in [-0.39, 0.29) is 29.6 Å². The Hall–Kier alpha value is -1.50. The molecule has 146 valence electrons. The van der Waals surface area contributed by atoms with E-state index < -0.39 is 0 Å². The van der Waals surface area contributed by atoms with E-state index in [1.807, 2.05) is 11.0 Å². The molecule has 0 atom stereocenters. The van der Waals surface area contributed by atoms with Crippen LogP contribution in [0.1, 0.15) is 31.2 Å². The van der Waals surface area contributed by atoms with Crippen LogP contribution in [0, 0.1) is 5.92 Å². The first-order valence-electron chi connectivity index (χ1n) is 9.23. The number of hydrogen-bond acceptors (Lipinski definition) is 4. The molecule has 0 unspecified atom stereocenters. The highest BCUT2D eigenvalue weighted by Gasteiger charge is 2.53. The molecule has 8 heteroatoms. The van der Waals surface area contributed by atoms with Crippen molar-refractivity contribution in [2.75, 3.05) is 19.7 Å². The van der Waals surface area contributed by atoms with Crippen LogP contribution in [0.25, 0.3) is 0 Å². The highest BCUT2D eigenvalue weighted by molar-refractivity contribution is 6.35. The van der Waals surface area contributed by atoms with E-state index in [4.69, 9.17) is 32.7 Å². The molecular formula is C19H22Cl2N2O4. The summed E-state index contributed by atoms with van der Waals surface area (Å²) >= 11 is 12.1. The number of carbonyl (C=O) groups is 2. The van der Waals surface area contributed by atoms with Gasteiger partial charge < -0.3 is 19.7 Å². The zero-order valence-corrected chi connectivity index (χ0v) is 16.4. The van der Waals surface area contributed by atoms with Gasteiger partial charge >= 0.3 is 6.09 Å². The van der Waals surface area contributed by atoms with Gasteiger partial charge in [0, 0.05) is 29.1 Å². The predicted octanol–water partition coefficient (Wildman–Crippen LogP) is 3.39. The van der Waals surface area contributed by atoms with Crippen molar-refractivity contribution in [3.63, 3.8) is 0 Å². The van der Waals surface area contributed by atoms with E-state index in [0.29, 0.717) is 49.2 Å². The SMILES string of the molecule is O=C1N[C@]2(CO1)C[C@@H](C(=O)N1CCC(OCc3ccc(Cl)cc3Cl)CC1)C2. The van der Waals surface area contributed by atoms with E-state index in [2.05, 4.69) is 5.32 Å². The Morgan fingerprint density at radius 1 is 1.30 bits per heavy atom. The molecule has 1 saturated carbocycles. The molecule has 2 saturated heterocycles. The minimum atomic E-state index is -0.375. The number of cyclic esters (lactones) is 1. The molecule has 1 spiro atoms. The number of hydrogen-bond donors (Lipinski definition) is 1. The molecule has 4 rings (SSSR count). The van der Waals surface area contributed by atoms with Gasteiger partial charge in [0.25, 0.3) is 0 Å². The Balaban J connectivity index is 1.21. The highest BCUT2D eigenvalue weighted by Crippen LogP contribution is 2.41. The summed E-state index contributed by atoms with van der Waals surface area (Å²) in [4.78, 5) is 25.8. The summed E-state index contributed by atoms with van der Waals surface area (Å²) in [7, 11) is 0. The maximum atomic E-state index is 12.7. The average Bonchev–Trinajstić information content (AvgIpc) is 3.02. The largest absolute Gasteiger partial charge is 0.447 e. The summed E-state index contributed by atoms with van der Waals surface area (Å²) in [6.07, 6.45) is 2.71. The predicted molar refractivity (Wildman–Crippen MR) is 101 cm³/mol. The fourth-order valence-electron chi connectivity index (χ4n) is 4.12. The zero-order chi connectivity index (χ0) is 19.0. The van der Waals surface area contributed by atoms with E-state index in [1.165, 1.54) is 0 Å². The Bertz CT molecular complexity index is 743. The van der Waals surface area contributed by atoms with Gasteiger partial charge in [-0.1, -0.05) is 29.3 Å².